The van der Waals surface area contributed by atoms with E-state index in [0.29, 0.717) is 9.26 Å². The maximum atomic E-state index is 13.0. The van der Waals surface area contributed by atoms with E-state index in [0.717, 1.165) is 6.07 Å². The summed E-state index contributed by atoms with van der Waals surface area (Å²) in [7, 11) is 0. The number of halogens is 4. The average Bonchev–Trinajstić information content (AvgIpc) is 2.36. The standard InChI is InChI=1S/C13H7ClF2INO/c14-9-5-7(1-3-10(9)16)13(19)18-12-4-2-8(15)6-11(12)17/h1-6H,(H,18,19). The normalized spacial score (nSPS) is 10.3. The molecule has 0 saturated carbocycles. The third kappa shape index (κ3) is 3.42. The van der Waals surface area contributed by atoms with Crippen LogP contribution >= 0.6 is 34.2 Å². The lowest BCUT2D eigenvalue weighted by Gasteiger charge is -2.08. The van der Waals surface area contributed by atoms with Gasteiger partial charge in [0.15, 0.2) is 0 Å². The molecule has 1 N–H and O–H groups in total. The molecule has 0 aliphatic carbocycles. The molecule has 1 amide bonds. The molecular weight excluding hydrogens is 387 g/mol. The summed E-state index contributed by atoms with van der Waals surface area (Å²) in [6.45, 7) is 0. The van der Waals surface area contributed by atoms with Gasteiger partial charge in [0.2, 0.25) is 0 Å². The minimum Gasteiger partial charge on any atom is -0.321 e. The lowest BCUT2D eigenvalue weighted by Crippen LogP contribution is -2.13. The molecule has 2 rings (SSSR count). The number of hydrogen-bond acceptors (Lipinski definition) is 1. The molecule has 0 bridgehead atoms. The molecule has 0 spiro atoms. The summed E-state index contributed by atoms with van der Waals surface area (Å²) in [6.07, 6.45) is 0. The van der Waals surface area contributed by atoms with Gasteiger partial charge in [0.1, 0.15) is 11.6 Å². The SMILES string of the molecule is O=C(Nc1ccc(F)cc1I)c1ccc(F)c(Cl)c1. The first-order valence-electron chi connectivity index (χ1n) is 5.19. The van der Waals surface area contributed by atoms with Crippen molar-refractivity contribution in [1.29, 1.82) is 0 Å². The van der Waals surface area contributed by atoms with E-state index in [2.05, 4.69) is 5.32 Å². The number of amides is 1. The predicted octanol–water partition coefficient (Wildman–Crippen LogP) is 4.48. The number of carbonyl (C=O) groups excluding carboxylic acids is 1. The van der Waals surface area contributed by atoms with E-state index < -0.39 is 11.7 Å². The van der Waals surface area contributed by atoms with Gasteiger partial charge in [-0.25, -0.2) is 8.78 Å². The topological polar surface area (TPSA) is 29.1 Å². The Hall–Kier alpha value is -1.21. The van der Waals surface area contributed by atoms with Crippen molar-refractivity contribution in [3.05, 3.63) is 62.2 Å². The van der Waals surface area contributed by atoms with Gasteiger partial charge in [0, 0.05) is 9.13 Å². The zero-order valence-electron chi connectivity index (χ0n) is 9.38. The van der Waals surface area contributed by atoms with Crippen LogP contribution in [-0.2, 0) is 0 Å². The Balaban J connectivity index is 2.23. The van der Waals surface area contributed by atoms with Crippen molar-refractivity contribution >= 4 is 45.8 Å². The molecule has 2 aromatic carbocycles. The van der Waals surface area contributed by atoms with Gasteiger partial charge in [-0.2, -0.15) is 0 Å². The van der Waals surface area contributed by atoms with E-state index in [1.165, 1.54) is 30.3 Å². The summed E-state index contributed by atoms with van der Waals surface area (Å²) < 4.78 is 26.5. The van der Waals surface area contributed by atoms with Gasteiger partial charge < -0.3 is 5.32 Å². The van der Waals surface area contributed by atoms with Crippen LogP contribution in [0.1, 0.15) is 10.4 Å². The molecule has 0 aliphatic heterocycles. The molecule has 0 unspecified atom stereocenters. The first-order chi connectivity index (χ1) is 8.97. The summed E-state index contributed by atoms with van der Waals surface area (Å²) in [4.78, 5) is 11.9. The zero-order chi connectivity index (χ0) is 14.0. The first kappa shape index (κ1) is 14.2. The van der Waals surface area contributed by atoms with E-state index >= 15 is 0 Å². The predicted molar refractivity (Wildman–Crippen MR) is 78.5 cm³/mol. The van der Waals surface area contributed by atoms with Gasteiger partial charge >= 0.3 is 0 Å². The highest BCUT2D eigenvalue weighted by Crippen LogP contribution is 2.21. The smallest absolute Gasteiger partial charge is 0.255 e. The van der Waals surface area contributed by atoms with E-state index in [9.17, 15) is 13.6 Å². The Morgan fingerprint density at radius 3 is 2.53 bits per heavy atom. The Kier molecular flexibility index (Phi) is 4.36. The molecule has 19 heavy (non-hydrogen) atoms. The van der Waals surface area contributed by atoms with E-state index in [4.69, 9.17) is 11.6 Å². The third-order valence-electron chi connectivity index (χ3n) is 2.36. The van der Waals surface area contributed by atoms with Crippen LogP contribution in [0, 0.1) is 15.2 Å². The molecule has 0 atom stereocenters. The van der Waals surface area contributed by atoms with Crippen LogP contribution in [0.4, 0.5) is 14.5 Å². The fourth-order valence-corrected chi connectivity index (χ4v) is 2.22. The van der Waals surface area contributed by atoms with Crippen LogP contribution in [0.25, 0.3) is 0 Å². The summed E-state index contributed by atoms with van der Waals surface area (Å²) in [5, 5.41) is 2.48. The molecule has 0 radical (unpaired) electrons. The van der Waals surface area contributed by atoms with Crippen molar-refractivity contribution < 1.29 is 13.6 Å². The van der Waals surface area contributed by atoms with Gasteiger partial charge in [0.25, 0.3) is 5.91 Å². The average molecular weight is 394 g/mol. The second-order valence-corrected chi connectivity index (χ2v) is 5.28. The fourth-order valence-electron chi connectivity index (χ4n) is 1.42. The molecule has 6 heteroatoms. The van der Waals surface area contributed by atoms with Crippen LogP contribution in [0.2, 0.25) is 5.02 Å². The summed E-state index contributed by atoms with van der Waals surface area (Å²) in [5.41, 5.74) is 0.707. The zero-order valence-corrected chi connectivity index (χ0v) is 12.3. The molecule has 98 valence electrons. The van der Waals surface area contributed by atoms with Crippen LogP contribution in [-0.4, -0.2) is 5.91 Å². The second kappa shape index (κ2) is 5.83. The molecule has 2 aromatic rings. The van der Waals surface area contributed by atoms with Crippen molar-refractivity contribution in [2.24, 2.45) is 0 Å². The third-order valence-corrected chi connectivity index (χ3v) is 3.54. The molecular formula is C13H7ClF2INO. The molecule has 0 saturated heterocycles. The molecule has 0 aromatic heterocycles. The van der Waals surface area contributed by atoms with E-state index in [1.807, 2.05) is 22.6 Å². The minimum absolute atomic E-state index is 0.124. The van der Waals surface area contributed by atoms with Crippen LogP contribution < -0.4 is 5.32 Å². The minimum atomic E-state index is -0.588. The lowest BCUT2D eigenvalue weighted by molar-refractivity contribution is 0.102. The molecule has 0 heterocycles. The Labute approximate surface area is 126 Å². The highest BCUT2D eigenvalue weighted by atomic mass is 127. The van der Waals surface area contributed by atoms with Crippen molar-refractivity contribution in [3.8, 4) is 0 Å². The molecule has 2 nitrogen and oxygen atoms in total. The van der Waals surface area contributed by atoms with Crippen LogP contribution in [0.5, 0.6) is 0 Å². The Bertz CT molecular complexity index is 649. The van der Waals surface area contributed by atoms with Gasteiger partial charge in [0.05, 0.1) is 10.7 Å². The lowest BCUT2D eigenvalue weighted by atomic mass is 10.2. The van der Waals surface area contributed by atoms with Gasteiger partial charge in [-0.05, 0) is 59.0 Å². The number of benzene rings is 2. The quantitative estimate of drug-likeness (QED) is 0.749. The highest BCUT2D eigenvalue weighted by molar-refractivity contribution is 14.1. The van der Waals surface area contributed by atoms with Gasteiger partial charge in [-0.1, -0.05) is 11.6 Å². The largest absolute Gasteiger partial charge is 0.321 e. The monoisotopic (exact) mass is 393 g/mol. The Morgan fingerprint density at radius 1 is 1.16 bits per heavy atom. The summed E-state index contributed by atoms with van der Waals surface area (Å²) in [5.74, 6) is -1.41. The number of rotatable bonds is 2. The van der Waals surface area contributed by atoms with Crippen molar-refractivity contribution in [1.82, 2.24) is 0 Å². The van der Waals surface area contributed by atoms with E-state index in [1.54, 1.807) is 0 Å². The van der Waals surface area contributed by atoms with Crippen LogP contribution in [0.3, 0.4) is 0 Å². The summed E-state index contributed by atoms with van der Waals surface area (Å²) >= 11 is 7.52. The number of hydrogen-bond donors (Lipinski definition) is 1. The highest BCUT2D eigenvalue weighted by Gasteiger charge is 2.11. The Morgan fingerprint density at radius 2 is 1.89 bits per heavy atom. The molecule has 0 aliphatic rings. The van der Waals surface area contributed by atoms with Crippen LogP contribution in [0.15, 0.2) is 36.4 Å². The maximum Gasteiger partial charge on any atom is 0.255 e. The van der Waals surface area contributed by atoms with Gasteiger partial charge in [-0.15, -0.1) is 0 Å². The first-order valence-corrected chi connectivity index (χ1v) is 6.64. The maximum absolute atomic E-state index is 13.0. The van der Waals surface area contributed by atoms with Crippen molar-refractivity contribution in [3.63, 3.8) is 0 Å². The van der Waals surface area contributed by atoms with E-state index in [-0.39, 0.29) is 16.4 Å². The summed E-state index contributed by atoms with van der Waals surface area (Å²) in [6, 6.07) is 7.69. The number of anilines is 1. The molecule has 0 fully saturated rings. The number of nitrogens with one attached hydrogen (secondary N) is 1. The van der Waals surface area contributed by atoms with Crippen molar-refractivity contribution in [2.45, 2.75) is 0 Å². The van der Waals surface area contributed by atoms with Crippen molar-refractivity contribution in [2.75, 3.05) is 5.32 Å². The number of carbonyl (C=O) groups is 1. The second-order valence-electron chi connectivity index (χ2n) is 3.71. The fraction of sp³-hybridized carbons (Fsp3) is 0. The van der Waals surface area contributed by atoms with Gasteiger partial charge in [-0.3, -0.25) is 4.79 Å².